The Morgan fingerprint density at radius 3 is 0.856 bits per heavy atom. The number of aryl methyl sites for hydroxylation is 2. The number of hydrogen-bond donors (Lipinski definition) is 1. The second-order valence-electron chi connectivity index (χ2n) is 41.6. The summed E-state index contributed by atoms with van der Waals surface area (Å²) in [5, 5.41) is 2.87. The number of hydrogen-bond acceptors (Lipinski definition) is 10. The molecule has 0 radical (unpaired) electrons. The Bertz CT molecular complexity index is 2370. The Morgan fingerprint density at radius 2 is 0.532 bits per heavy atom. The molecule has 0 fully saturated rings. The monoisotopic (exact) mass is 1570 g/mol. The van der Waals surface area contributed by atoms with Crippen LogP contribution in [0.3, 0.4) is 0 Å². The first-order valence-corrected chi connectivity index (χ1v) is 44.3. The van der Waals surface area contributed by atoms with E-state index in [0.717, 1.165) is 84.0 Å². The Balaban J connectivity index is -0.000000220. The van der Waals surface area contributed by atoms with E-state index >= 15 is 0 Å². The number of carbonyl (C=O) groups is 5. The maximum atomic E-state index is 11.1. The van der Waals surface area contributed by atoms with Gasteiger partial charge in [0.05, 0.1) is 28.4 Å². The van der Waals surface area contributed by atoms with Gasteiger partial charge in [0, 0.05) is 51.9 Å². The van der Waals surface area contributed by atoms with Crippen molar-refractivity contribution in [2.45, 2.75) is 445 Å². The van der Waals surface area contributed by atoms with Gasteiger partial charge < -0.3 is 29.0 Å². The molecule has 1 amide bonds. The number of esters is 4. The lowest BCUT2D eigenvalue weighted by Gasteiger charge is -2.17. The molecule has 11 heteroatoms. The van der Waals surface area contributed by atoms with E-state index in [1.165, 1.54) is 181 Å². The molecule has 0 spiro atoms. The van der Waals surface area contributed by atoms with E-state index in [1.54, 1.807) is 0 Å². The van der Waals surface area contributed by atoms with Crippen molar-refractivity contribution in [1.29, 1.82) is 0 Å². The minimum atomic E-state index is -0.116. The molecule has 0 saturated heterocycles. The number of rotatable bonds is 39. The van der Waals surface area contributed by atoms with Crippen molar-refractivity contribution in [1.82, 2.24) is 5.32 Å². The van der Waals surface area contributed by atoms with Gasteiger partial charge in [-0.3, -0.25) is 24.0 Å². The van der Waals surface area contributed by atoms with Crippen molar-refractivity contribution < 1.29 is 47.7 Å². The van der Waals surface area contributed by atoms with E-state index in [-0.39, 0.29) is 40.6 Å². The normalized spacial score (nSPS) is 11.5. The lowest BCUT2D eigenvalue weighted by atomic mass is 9.89. The van der Waals surface area contributed by atoms with Crippen molar-refractivity contribution in [3.8, 4) is 0 Å². The maximum Gasteiger partial charge on any atom is 0.305 e. The summed E-state index contributed by atoms with van der Waals surface area (Å²) in [5.41, 5.74) is 6.64. The molecule has 0 unspecified atom stereocenters. The molecule has 658 valence electrons. The third kappa shape index (κ3) is 127. The molecule has 0 bridgehead atoms. The van der Waals surface area contributed by atoms with Gasteiger partial charge in [-0.1, -0.05) is 358 Å². The predicted molar refractivity (Wildman–Crippen MR) is 486 cm³/mol. The van der Waals surface area contributed by atoms with Crippen LogP contribution in [0.1, 0.15) is 444 Å². The molecule has 0 aromatic heterocycles. The Morgan fingerprint density at radius 1 is 0.261 bits per heavy atom. The fourth-order valence-electron chi connectivity index (χ4n) is 10.4. The van der Waals surface area contributed by atoms with Gasteiger partial charge >= 0.3 is 23.9 Å². The molecule has 0 aliphatic carbocycles. The number of ether oxygens (including phenoxy) is 5. The maximum absolute atomic E-state index is 11.1. The van der Waals surface area contributed by atoms with Crippen LogP contribution in [-0.2, 0) is 60.5 Å². The van der Waals surface area contributed by atoms with Gasteiger partial charge in [-0.2, -0.15) is 0 Å². The lowest BCUT2D eigenvalue weighted by Crippen LogP contribution is -2.25. The van der Waals surface area contributed by atoms with Crippen LogP contribution < -0.4 is 5.32 Å². The topological polar surface area (TPSA) is 144 Å². The number of methoxy groups -OCH3 is 4. The average molecular weight is 1570 g/mol. The van der Waals surface area contributed by atoms with Crippen LogP contribution in [0.25, 0.3) is 0 Å². The number of amides is 1. The third-order valence-corrected chi connectivity index (χ3v) is 17.7. The molecular weight excluding hydrogens is 1380 g/mol. The highest BCUT2D eigenvalue weighted by atomic mass is 16.5. The number of unbranched alkanes of at least 4 members (excludes halogenated alkanes) is 13. The van der Waals surface area contributed by atoms with Gasteiger partial charge in [0.2, 0.25) is 5.91 Å². The third-order valence-electron chi connectivity index (χ3n) is 17.7. The van der Waals surface area contributed by atoms with E-state index in [0.29, 0.717) is 70.0 Å². The van der Waals surface area contributed by atoms with Crippen LogP contribution in [-0.4, -0.2) is 78.0 Å². The summed E-state index contributed by atoms with van der Waals surface area (Å²) < 4.78 is 23.6. The molecule has 0 heterocycles. The minimum absolute atomic E-state index is 0.0826. The highest BCUT2D eigenvalue weighted by Gasteiger charge is 2.17. The van der Waals surface area contributed by atoms with E-state index in [2.05, 4.69) is 293 Å². The minimum Gasteiger partial charge on any atom is -0.469 e. The molecule has 0 atom stereocenters. The van der Waals surface area contributed by atoms with E-state index in [9.17, 15) is 24.0 Å². The summed E-state index contributed by atoms with van der Waals surface area (Å²) in [6.07, 6.45) is 42.1. The number of nitrogens with one attached hydrogen (secondary N) is 1. The standard InChI is InChI=1S/C14H22.C13H28.C12H24O2.C12H18.C11H22O2.C10H21NO.C10H20O2.C10H22O.C8H16O2/c1-14(2,3)12-8-7-11-13-9-5-4-6-10-13;1-5-6-7-8-9-10-11-12-13(2,3)4;1-12(2,3)10-8-6-5-7-9-11(13)14-4;1-12(2,3)10-9-11-7-5-4-6-8-11;1-11(2,3)9-7-5-6-8-10(12)13-4;1-5-8-11-9(12)6-7-10(2,3)4;1-10(2,3)8-6-5-7-9(11)12-4;1-5-8-11-9-6-7-10(2,3)4;1-8(2,3)6-5-7(9)10-4/h4-6,9-10H,7-8,11-12H2,1-3H3;5-12H2,1-4H3;5-10H2,1-4H3;4-8H,9-10H2,1-3H3;5-9H2,1-4H3;5-8H2,1-4H3,(H,11,12);5-8H2,1-4H3;5-9H2,1-4H3;5-6H2,1-4H3. The second kappa shape index (κ2) is 72.2. The second-order valence-corrected chi connectivity index (χ2v) is 41.6. The molecule has 0 aliphatic heterocycles. The lowest BCUT2D eigenvalue weighted by molar-refractivity contribution is -0.142. The molecule has 1 N–H and O–H groups in total. The smallest absolute Gasteiger partial charge is 0.305 e. The van der Waals surface area contributed by atoms with Crippen molar-refractivity contribution in [3.63, 3.8) is 0 Å². The molecule has 0 aliphatic rings. The molecule has 11 nitrogen and oxygen atoms in total. The predicted octanol–water partition coefficient (Wildman–Crippen LogP) is 30.3. The Hall–Kier alpha value is -4.25. The Labute approximate surface area is 693 Å². The highest BCUT2D eigenvalue weighted by molar-refractivity contribution is 5.75. The summed E-state index contributed by atoms with van der Waals surface area (Å²) in [6.45, 7) is 69.7. The quantitative estimate of drug-likeness (QED) is 0.0390. The molecule has 2 aromatic rings. The van der Waals surface area contributed by atoms with Gasteiger partial charge in [-0.05, 0) is 175 Å². The van der Waals surface area contributed by atoms with E-state index in [1.807, 2.05) is 0 Å². The van der Waals surface area contributed by atoms with Gasteiger partial charge in [0.15, 0.2) is 0 Å². The van der Waals surface area contributed by atoms with Crippen molar-refractivity contribution >= 4 is 29.8 Å². The van der Waals surface area contributed by atoms with Gasteiger partial charge in [0.1, 0.15) is 0 Å². The molecular formula is C100H193NO10. The fraction of sp³-hybridized carbons (Fsp3) is 0.830. The highest BCUT2D eigenvalue weighted by Crippen LogP contribution is 2.28. The van der Waals surface area contributed by atoms with Crippen LogP contribution in [0.5, 0.6) is 0 Å². The van der Waals surface area contributed by atoms with Crippen LogP contribution in [0, 0.1) is 48.7 Å². The van der Waals surface area contributed by atoms with Crippen LogP contribution >= 0.6 is 0 Å². The largest absolute Gasteiger partial charge is 0.469 e. The Kier molecular flexibility index (Phi) is 78.1. The van der Waals surface area contributed by atoms with Crippen LogP contribution in [0.2, 0.25) is 0 Å². The van der Waals surface area contributed by atoms with E-state index < -0.39 is 0 Å². The molecule has 2 aromatic carbocycles. The zero-order valence-corrected chi connectivity index (χ0v) is 80.6. The first-order chi connectivity index (χ1) is 51.1. The first-order valence-electron chi connectivity index (χ1n) is 44.3. The van der Waals surface area contributed by atoms with Crippen LogP contribution in [0.15, 0.2) is 60.7 Å². The number of benzene rings is 2. The van der Waals surface area contributed by atoms with Gasteiger partial charge in [-0.25, -0.2) is 0 Å². The van der Waals surface area contributed by atoms with Crippen LogP contribution in [0.4, 0.5) is 0 Å². The molecule has 111 heavy (non-hydrogen) atoms. The number of carbonyl (C=O) groups excluding carboxylic acids is 5. The first kappa shape index (κ1) is 120. The zero-order chi connectivity index (χ0) is 87.1. The summed E-state index contributed by atoms with van der Waals surface area (Å²) in [4.78, 5) is 54.0. The zero-order valence-electron chi connectivity index (χ0n) is 80.6. The van der Waals surface area contributed by atoms with Crippen molar-refractivity contribution in [3.05, 3.63) is 71.8 Å². The van der Waals surface area contributed by atoms with Crippen molar-refractivity contribution in [2.75, 3.05) is 48.2 Å². The molecule has 0 saturated carbocycles. The summed E-state index contributed by atoms with van der Waals surface area (Å²) >= 11 is 0. The average Bonchev–Trinajstić information content (AvgIpc) is 0.932. The van der Waals surface area contributed by atoms with Crippen molar-refractivity contribution in [2.24, 2.45) is 48.7 Å². The SMILES string of the molecule is CC(C)(C)CCCCc1ccccc1.CC(C)(C)CCc1ccccc1.CCCCCCCCCC(C)(C)C.CCCNC(=O)CCC(C)(C)C.CCCOCCCC(C)(C)C.COC(=O)CCC(C)(C)C.COC(=O)CCCCC(C)(C)C.COC(=O)CCCCCC(C)(C)C.COC(=O)CCCCCCC(C)(C)C. The summed E-state index contributed by atoms with van der Waals surface area (Å²) in [5.74, 6) is -0.192. The summed E-state index contributed by atoms with van der Waals surface area (Å²) in [6, 6.07) is 21.5. The molecule has 2 rings (SSSR count). The fourth-order valence-corrected chi connectivity index (χ4v) is 10.4. The van der Waals surface area contributed by atoms with Gasteiger partial charge in [0.25, 0.3) is 0 Å². The van der Waals surface area contributed by atoms with E-state index in [4.69, 9.17) is 4.74 Å². The summed E-state index contributed by atoms with van der Waals surface area (Å²) in [7, 11) is 5.75. The van der Waals surface area contributed by atoms with Gasteiger partial charge in [-0.15, -0.1) is 0 Å².